The normalized spacial score (nSPS) is 22.1. The van der Waals surface area contributed by atoms with Gasteiger partial charge in [-0.05, 0) is 19.8 Å². The van der Waals surface area contributed by atoms with Crippen LogP contribution in [0.4, 0.5) is 0 Å². The number of unbranched alkanes of at least 4 members (excludes halogenated alkanes) is 3. The molecule has 0 bridgehead atoms. The second-order valence-electron chi connectivity index (χ2n) is 5.12. The Bertz CT molecular complexity index is 319. The summed E-state index contributed by atoms with van der Waals surface area (Å²) < 4.78 is 10.3. The lowest BCUT2D eigenvalue weighted by molar-refractivity contribution is -0.149. The molecular formula is C15H27NO4. The van der Waals surface area contributed by atoms with E-state index < -0.39 is 0 Å². The first-order valence-corrected chi connectivity index (χ1v) is 7.74. The summed E-state index contributed by atoms with van der Waals surface area (Å²) in [4.78, 5) is 25.4. The van der Waals surface area contributed by atoms with E-state index >= 15 is 0 Å². The number of carbonyl (C=O) groups is 2. The molecule has 0 amide bonds. The van der Waals surface area contributed by atoms with Gasteiger partial charge in [-0.2, -0.15) is 0 Å². The monoisotopic (exact) mass is 285 g/mol. The fraction of sp³-hybridized carbons (Fsp3) is 0.867. The molecule has 0 saturated carbocycles. The first-order valence-electron chi connectivity index (χ1n) is 7.74. The molecule has 0 aromatic carbocycles. The average Bonchev–Trinajstić information content (AvgIpc) is 3.20. The Morgan fingerprint density at radius 2 is 1.90 bits per heavy atom. The third kappa shape index (κ3) is 5.12. The summed E-state index contributed by atoms with van der Waals surface area (Å²) >= 11 is 0. The van der Waals surface area contributed by atoms with E-state index in [1.807, 2.05) is 11.8 Å². The molecule has 0 N–H and O–H groups in total. The van der Waals surface area contributed by atoms with Crippen molar-refractivity contribution < 1.29 is 19.1 Å². The lowest BCUT2D eigenvalue weighted by Gasteiger charge is -2.15. The van der Waals surface area contributed by atoms with Crippen molar-refractivity contribution in [2.75, 3.05) is 19.8 Å². The quantitative estimate of drug-likeness (QED) is 0.350. The van der Waals surface area contributed by atoms with E-state index in [4.69, 9.17) is 9.47 Å². The van der Waals surface area contributed by atoms with Crippen molar-refractivity contribution in [2.45, 2.75) is 65.0 Å². The molecule has 0 aromatic heterocycles. The molecule has 116 valence electrons. The summed E-state index contributed by atoms with van der Waals surface area (Å²) in [6.45, 7) is 7.32. The molecule has 1 heterocycles. The van der Waals surface area contributed by atoms with Crippen LogP contribution >= 0.6 is 0 Å². The molecule has 0 spiro atoms. The third-order valence-corrected chi connectivity index (χ3v) is 3.51. The van der Waals surface area contributed by atoms with Crippen molar-refractivity contribution in [1.29, 1.82) is 0 Å². The van der Waals surface area contributed by atoms with Crippen LogP contribution in [0.15, 0.2) is 0 Å². The van der Waals surface area contributed by atoms with Crippen molar-refractivity contribution in [3.8, 4) is 0 Å². The van der Waals surface area contributed by atoms with E-state index in [2.05, 4.69) is 6.92 Å². The Morgan fingerprint density at radius 1 is 1.15 bits per heavy atom. The maximum Gasteiger partial charge on any atom is 0.324 e. The van der Waals surface area contributed by atoms with Gasteiger partial charge in [0, 0.05) is 6.54 Å². The van der Waals surface area contributed by atoms with Gasteiger partial charge in [0.1, 0.15) is 12.1 Å². The first kappa shape index (κ1) is 17.0. The second kappa shape index (κ2) is 8.95. The molecule has 20 heavy (non-hydrogen) atoms. The highest BCUT2D eigenvalue weighted by molar-refractivity contribution is 5.83. The van der Waals surface area contributed by atoms with Gasteiger partial charge >= 0.3 is 11.9 Å². The Labute approximate surface area is 121 Å². The molecule has 5 nitrogen and oxygen atoms in total. The molecule has 1 unspecified atom stereocenters. The highest BCUT2D eigenvalue weighted by Gasteiger charge is 2.48. The lowest BCUT2D eigenvalue weighted by atomic mass is 10.2. The van der Waals surface area contributed by atoms with Gasteiger partial charge in [-0.25, -0.2) is 0 Å². The summed E-state index contributed by atoms with van der Waals surface area (Å²) in [5, 5.41) is 0. The Morgan fingerprint density at radius 3 is 2.50 bits per heavy atom. The van der Waals surface area contributed by atoms with Crippen LogP contribution < -0.4 is 0 Å². The van der Waals surface area contributed by atoms with Crippen molar-refractivity contribution in [3.63, 3.8) is 0 Å². The summed E-state index contributed by atoms with van der Waals surface area (Å²) in [7, 11) is 0. The standard InChI is InChI=1S/C15H27NO4/c1-4-7-8-9-10-20-15(18)13-11-16(13)12(5-2)14(17)19-6-3/h12-13H,4-11H2,1-3H3/t12-,13+,16?/m0/s1. The average molecular weight is 285 g/mol. The van der Waals surface area contributed by atoms with Crippen LogP contribution in [0.2, 0.25) is 0 Å². The third-order valence-electron chi connectivity index (χ3n) is 3.51. The van der Waals surface area contributed by atoms with Crippen molar-refractivity contribution >= 4 is 11.9 Å². The molecule has 1 aliphatic heterocycles. The molecule has 1 fully saturated rings. The number of ether oxygens (including phenoxy) is 2. The molecular weight excluding hydrogens is 258 g/mol. The SMILES string of the molecule is CCCCCCOC(=O)[C@H]1CN1[C@@H](CC)C(=O)OCC. The number of hydrogen-bond acceptors (Lipinski definition) is 5. The predicted octanol–water partition coefficient (Wildman–Crippen LogP) is 2.14. The van der Waals surface area contributed by atoms with Crippen LogP contribution in [0.1, 0.15) is 52.9 Å². The van der Waals surface area contributed by atoms with Gasteiger partial charge in [0.2, 0.25) is 0 Å². The van der Waals surface area contributed by atoms with Gasteiger partial charge in [-0.1, -0.05) is 33.1 Å². The molecule has 0 aromatic rings. The predicted molar refractivity (Wildman–Crippen MR) is 76.3 cm³/mol. The number of nitrogens with zero attached hydrogens (tertiary/aromatic N) is 1. The summed E-state index contributed by atoms with van der Waals surface area (Å²) in [5.41, 5.74) is 0. The number of rotatable bonds is 10. The van der Waals surface area contributed by atoms with Crippen LogP contribution in [0.3, 0.4) is 0 Å². The fourth-order valence-electron chi connectivity index (χ4n) is 2.28. The minimum absolute atomic E-state index is 0.204. The Kier molecular flexibility index (Phi) is 7.59. The smallest absolute Gasteiger partial charge is 0.324 e. The summed E-state index contributed by atoms with van der Waals surface area (Å²) in [6.07, 6.45) is 5.01. The highest BCUT2D eigenvalue weighted by atomic mass is 16.5. The van der Waals surface area contributed by atoms with E-state index in [-0.39, 0.29) is 24.0 Å². The van der Waals surface area contributed by atoms with Crippen molar-refractivity contribution in [1.82, 2.24) is 4.90 Å². The molecule has 1 saturated heterocycles. The van der Waals surface area contributed by atoms with Gasteiger partial charge in [-0.15, -0.1) is 0 Å². The number of carbonyl (C=O) groups excluding carboxylic acids is 2. The first-order chi connectivity index (χ1) is 9.65. The molecule has 5 heteroatoms. The van der Waals surface area contributed by atoms with Crippen LogP contribution in [-0.4, -0.2) is 48.7 Å². The molecule has 1 rings (SSSR count). The summed E-state index contributed by atoms with van der Waals surface area (Å²) in [5.74, 6) is -0.447. The van der Waals surface area contributed by atoms with Crippen LogP contribution in [0.5, 0.6) is 0 Å². The maximum absolute atomic E-state index is 11.8. The minimum atomic E-state index is -0.312. The zero-order valence-corrected chi connectivity index (χ0v) is 12.9. The fourth-order valence-corrected chi connectivity index (χ4v) is 2.28. The minimum Gasteiger partial charge on any atom is -0.465 e. The molecule has 0 aliphatic carbocycles. The zero-order chi connectivity index (χ0) is 15.0. The molecule has 1 aliphatic rings. The van der Waals surface area contributed by atoms with E-state index in [0.717, 1.165) is 12.8 Å². The Balaban J connectivity index is 2.26. The summed E-state index contributed by atoms with van der Waals surface area (Å²) in [6, 6.07) is -0.567. The van der Waals surface area contributed by atoms with Crippen molar-refractivity contribution in [3.05, 3.63) is 0 Å². The number of hydrogen-bond donors (Lipinski definition) is 0. The second-order valence-corrected chi connectivity index (χ2v) is 5.12. The topological polar surface area (TPSA) is 55.6 Å². The molecule has 0 radical (unpaired) electrons. The van der Waals surface area contributed by atoms with Crippen LogP contribution in [0, 0.1) is 0 Å². The lowest BCUT2D eigenvalue weighted by Crippen LogP contribution is -2.33. The molecule has 3 atom stereocenters. The van der Waals surface area contributed by atoms with E-state index in [9.17, 15) is 9.59 Å². The van der Waals surface area contributed by atoms with E-state index in [1.54, 1.807) is 6.92 Å². The zero-order valence-electron chi connectivity index (χ0n) is 12.9. The van der Waals surface area contributed by atoms with E-state index in [1.165, 1.54) is 12.8 Å². The van der Waals surface area contributed by atoms with Gasteiger partial charge < -0.3 is 9.47 Å². The van der Waals surface area contributed by atoms with Crippen LogP contribution in [-0.2, 0) is 19.1 Å². The largest absolute Gasteiger partial charge is 0.465 e. The van der Waals surface area contributed by atoms with Gasteiger partial charge in [0.05, 0.1) is 13.2 Å². The van der Waals surface area contributed by atoms with Gasteiger partial charge in [-0.3, -0.25) is 14.5 Å². The highest BCUT2D eigenvalue weighted by Crippen LogP contribution is 2.25. The van der Waals surface area contributed by atoms with Crippen LogP contribution in [0.25, 0.3) is 0 Å². The van der Waals surface area contributed by atoms with Gasteiger partial charge in [0.15, 0.2) is 0 Å². The van der Waals surface area contributed by atoms with Crippen molar-refractivity contribution in [2.24, 2.45) is 0 Å². The van der Waals surface area contributed by atoms with Gasteiger partial charge in [0.25, 0.3) is 0 Å². The number of esters is 2. The Hall–Kier alpha value is -1.10. The van der Waals surface area contributed by atoms with E-state index in [0.29, 0.717) is 26.2 Å². The maximum atomic E-state index is 11.8.